The molecule has 0 amide bonds. The van der Waals surface area contributed by atoms with E-state index in [1.54, 1.807) is 6.33 Å². The molecule has 0 saturated carbocycles. The first kappa shape index (κ1) is 14.7. The normalized spacial score (nSPS) is 19.9. The molecular formula is C17H14BrClN4. The van der Waals surface area contributed by atoms with Crippen molar-refractivity contribution in [3.05, 3.63) is 75.5 Å². The summed E-state index contributed by atoms with van der Waals surface area (Å²) in [6.07, 6.45) is 2.49. The van der Waals surface area contributed by atoms with Crippen molar-refractivity contribution < 1.29 is 0 Å². The zero-order valence-electron chi connectivity index (χ0n) is 12.2. The van der Waals surface area contributed by atoms with Crippen LogP contribution in [0, 0.1) is 0 Å². The van der Waals surface area contributed by atoms with Gasteiger partial charge in [0.25, 0.3) is 0 Å². The molecule has 1 aliphatic heterocycles. The van der Waals surface area contributed by atoms with E-state index in [4.69, 9.17) is 11.6 Å². The van der Waals surface area contributed by atoms with Gasteiger partial charge in [-0.3, -0.25) is 0 Å². The predicted molar refractivity (Wildman–Crippen MR) is 94.7 cm³/mol. The summed E-state index contributed by atoms with van der Waals surface area (Å²) in [5.74, 6) is 0.795. The van der Waals surface area contributed by atoms with Gasteiger partial charge in [-0.1, -0.05) is 51.8 Å². The highest BCUT2D eigenvalue weighted by Gasteiger charge is 2.29. The van der Waals surface area contributed by atoms with E-state index in [1.807, 2.05) is 16.8 Å². The minimum Gasteiger partial charge on any atom is -0.348 e. The van der Waals surface area contributed by atoms with Crippen LogP contribution < -0.4 is 5.32 Å². The van der Waals surface area contributed by atoms with E-state index in [-0.39, 0.29) is 12.1 Å². The van der Waals surface area contributed by atoms with Crippen molar-refractivity contribution in [3.63, 3.8) is 0 Å². The third-order valence-electron chi connectivity index (χ3n) is 4.16. The summed E-state index contributed by atoms with van der Waals surface area (Å²) in [6, 6.07) is 16.7. The Morgan fingerprint density at radius 3 is 2.48 bits per heavy atom. The second-order valence-electron chi connectivity index (χ2n) is 5.58. The highest BCUT2D eigenvalue weighted by atomic mass is 79.9. The fourth-order valence-electron chi connectivity index (χ4n) is 3.00. The number of hydrogen-bond acceptors (Lipinski definition) is 3. The Morgan fingerprint density at radius 2 is 1.74 bits per heavy atom. The van der Waals surface area contributed by atoms with Crippen LogP contribution in [0.15, 0.2) is 59.3 Å². The van der Waals surface area contributed by atoms with Crippen molar-refractivity contribution in [2.24, 2.45) is 0 Å². The molecule has 0 radical (unpaired) electrons. The van der Waals surface area contributed by atoms with Gasteiger partial charge in [-0.15, -0.1) is 0 Å². The lowest BCUT2D eigenvalue weighted by Crippen LogP contribution is -2.28. The quantitative estimate of drug-likeness (QED) is 0.682. The smallest absolute Gasteiger partial charge is 0.222 e. The monoisotopic (exact) mass is 388 g/mol. The van der Waals surface area contributed by atoms with Crippen molar-refractivity contribution in [3.8, 4) is 0 Å². The average molecular weight is 390 g/mol. The molecule has 2 heterocycles. The molecule has 0 bridgehead atoms. The molecule has 23 heavy (non-hydrogen) atoms. The molecule has 116 valence electrons. The summed E-state index contributed by atoms with van der Waals surface area (Å²) < 4.78 is 3.02. The van der Waals surface area contributed by atoms with E-state index in [0.717, 1.165) is 21.9 Å². The van der Waals surface area contributed by atoms with Crippen molar-refractivity contribution in [2.45, 2.75) is 18.5 Å². The summed E-state index contributed by atoms with van der Waals surface area (Å²) in [7, 11) is 0. The van der Waals surface area contributed by atoms with E-state index in [0.29, 0.717) is 0 Å². The van der Waals surface area contributed by atoms with Crippen molar-refractivity contribution >= 4 is 33.5 Å². The number of nitrogens with one attached hydrogen (secondary N) is 1. The van der Waals surface area contributed by atoms with Gasteiger partial charge in [-0.2, -0.15) is 10.1 Å². The van der Waals surface area contributed by atoms with Crippen LogP contribution in [-0.2, 0) is 0 Å². The first-order valence-electron chi connectivity index (χ1n) is 7.38. The maximum atomic E-state index is 6.02. The fourth-order valence-corrected chi connectivity index (χ4v) is 3.39. The summed E-state index contributed by atoms with van der Waals surface area (Å²) >= 11 is 9.50. The lowest BCUT2D eigenvalue weighted by molar-refractivity contribution is 0.431. The Morgan fingerprint density at radius 1 is 1.04 bits per heavy atom. The number of benzene rings is 2. The molecule has 0 fully saturated rings. The maximum absolute atomic E-state index is 6.02. The molecule has 0 spiro atoms. The van der Waals surface area contributed by atoms with Crippen molar-refractivity contribution in [1.82, 2.24) is 14.8 Å². The summed E-state index contributed by atoms with van der Waals surface area (Å²) in [4.78, 5) is 4.35. The molecule has 6 heteroatoms. The van der Waals surface area contributed by atoms with Crippen LogP contribution in [0.5, 0.6) is 0 Å². The zero-order valence-corrected chi connectivity index (χ0v) is 14.5. The first-order valence-corrected chi connectivity index (χ1v) is 8.55. The van der Waals surface area contributed by atoms with Crippen LogP contribution >= 0.6 is 27.5 Å². The Labute approximate surface area is 147 Å². The van der Waals surface area contributed by atoms with E-state index in [2.05, 4.69) is 67.7 Å². The van der Waals surface area contributed by atoms with Crippen LogP contribution in [0.1, 0.15) is 29.6 Å². The van der Waals surface area contributed by atoms with Crippen LogP contribution in [0.4, 0.5) is 5.95 Å². The minimum atomic E-state index is 0.139. The third-order valence-corrected chi connectivity index (χ3v) is 4.94. The van der Waals surface area contributed by atoms with Crippen molar-refractivity contribution in [2.75, 3.05) is 5.32 Å². The lowest BCUT2D eigenvalue weighted by Gasteiger charge is -2.31. The number of anilines is 1. The van der Waals surface area contributed by atoms with Crippen LogP contribution in [0.2, 0.25) is 5.02 Å². The Bertz CT molecular complexity index is 813. The SMILES string of the molecule is Clc1ccc(C2CC(c3ccc(Br)cc3)Nc3ncnn32)cc1. The van der Waals surface area contributed by atoms with Gasteiger partial charge in [0.15, 0.2) is 0 Å². The van der Waals surface area contributed by atoms with Crippen LogP contribution in [-0.4, -0.2) is 14.8 Å². The van der Waals surface area contributed by atoms with Crippen LogP contribution in [0.3, 0.4) is 0 Å². The van der Waals surface area contributed by atoms with Gasteiger partial charge in [0.05, 0.1) is 12.1 Å². The van der Waals surface area contributed by atoms with E-state index < -0.39 is 0 Å². The minimum absolute atomic E-state index is 0.139. The molecule has 1 aliphatic rings. The third kappa shape index (κ3) is 2.86. The number of aromatic nitrogens is 3. The molecule has 4 nitrogen and oxygen atoms in total. The predicted octanol–water partition coefficient (Wildman–Crippen LogP) is 4.84. The summed E-state index contributed by atoms with van der Waals surface area (Å²) in [6.45, 7) is 0. The molecule has 2 atom stereocenters. The zero-order chi connectivity index (χ0) is 15.8. The van der Waals surface area contributed by atoms with E-state index in [9.17, 15) is 0 Å². The van der Waals surface area contributed by atoms with Crippen LogP contribution in [0.25, 0.3) is 0 Å². The Kier molecular flexibility index (Phi) is 3.83. The van der Waals surface area contributed by atoms with Gasteiger partial charge in [0.1, 0.15) is 6.33 Å². The maximum Gasteiger partial charge on any atom is 0.222 e. The molecule has 1 N–H and O–H groups in total. The average Bonchev–Trinajstić information content (AvgIpc) is 3.04. The molecule has 1 aromatic heterocycles. The van der Waals surface area contributed by atoms with Gasteiger partial charge in [-0.25, -0.2) is 4.68 Å². The molecule has 2 unspecified atom stereocenters. The number of fused-ring (bicyclic) bond motifs is 1. The first-order chi connectivity index (χ1) is 11.2. The highest BCUT2D eigenvalue weighted by Crippen LogP contribution is 2.37. The second kappa shape index (κ2) is 5.98. The molecule has 0 aliphatic carbocycles. The van der Waals surface area contributed by atoms with Gasteiger partial charge in [0, 0.05) is 9.50 Å². The van der Waals surface area contributed by atoms with Gasteiger partial charge in [0.2, 0.25) is 5.95 Å². The van der Waals surface area contributed by atoms with E-state index in [1.165, 1.54) is 11.1 Å². The highest BCUT2D eigenvalue weighted by molar-refractivity contribution is 9.10. The molecule has 2 aromatic carbocycles. The van der Waals surface area contributed by atoms with E-state index >= 15 is 0 Å². The number of rotatable bonds is 2. The molecule has 4 rings (SSSR count). The summed E-state index contributed by atoms with van der Waals surface area (Å²) in [5, 5.41) is 8.60. The largest absolute Gasteiger partial charge is 0.348 e. The lowest BCUT2D eigenvalue weighted by atomic mass is 9.93. The summed E-state index contributed by atoms with van der Waals surface area (Å²) in [5.41, 5.74) is 2.42. The standard InChI is InChI=1S/C17H14BrClN4/c18-13-5-1-11(2-6-13)15-9-16(12-3-7-14(19)8-4-12)23-17(22-15)20-10-21-23/h1-8,10,15-16H,9H2,(H,20,21,22). The number of hydrogen-bond donors (Lipinski definition) is 1. The fraction of sp³-hybridized carbons (Fsp3) is 0.176. The Hall–Kier alpha value is -1.85. The number of nitrogens with zero attached hydrogens (tertiary/aromatic N) is 3. The Balaban J connectivity index is 1.71. The van der Waals surface area contributed by atoms with Gasteiger partial charge < -0.3 is 5.32 Å². The van der Waals surface area contributed by atoms with Gasteiger partial charge in [-0.05, 0) is 41.8 Å². The molecule has 0 saturated heterocycles. The van der Waals surface area contributed by atoms with Gasteiger partial charge >= 0.3 is 0 Å². The van der Waals surface area contributed by atoms with Crippen molar-refractivity contribution in [1.29, 1.82) is 0 Å². The number of halogens is 2. The topological polar surface area (TPSA) is 42.7 Å². The molecular weight excluding hydrogens is 376 g/mol. The molecule has 3 aromatic rings. The second-order valence-corrected chi connectivity index (χ2v) is 6.93.